The van der Waals surface area contributed by atoms with Crippen molar-refractivity contribution in [1.82, 2.24) is 14.8 Å². The van der Waals surface area contributed by atoms with Gasteiger partial charge in [-0.3, -0.25) is 9.80 Å². The molecular formula is C25H30F3N3O3. The predicted molar refractivity (Wildman–Crippen MR) is 125 cm³/mol. The molecule has 1 N–H and O–H groups in total. The Hall–Kier alpha value is -3.04. The number of esters is 1. The normalized spacial score (nSPS) is 15.0. The smallest absolute Gasteiger partial charge is 0.401 e. The van der Waals surface area contributed by atoms with Gasteiger partial charge in [0.05, 0.1) is 26.3 Å². The lowest BCUT2D eigenvalue weighted by Gasteiger charge is -2.35. The number of carbonyl (C=O) groups excluding carboxylic acids is 1. The molecule has 0 atom stereocenters. The first-order valence-corrected chi connectivity index (χ1v) is 11.0. The molecule has 4 rings (SSSR count). The molecule has 0 amide bonds. The number of aromatic nitrogens is 1. The average molecular weight is 478 g/mol. The second-order valence-corrected chi connectivity index (χ2v) is 8.17. The van der Waals surface area contributed by atoms with Gasteiger partial charge in [0.25, 0.3) is 0 Å². The number of benzene rings is 2. The van der Waals surface area contributed by atoms with Gasteiger partial charge in [-0.05, 0) is 36.8 Å². The van der Waals surface area contributed by atoms with Crippen LogP contribution in [0.1, 0.15) is 21.5 Å². The van der Waals surface area contributed by atoms with E-state index in [2.05, 4.69) is 14.6 Å². The van der Waals surface area contributed by atoms with Crippen molar-refractivity contribution in [2.45, 2.75) is 19.6 Å². The largest absolute Gasteiger partial charge is 0.496 e. The first kappa shape index (κ1) is 25.6. The van der Waals surface area contributed by atoms with Crippen molar-refractivity contribution in [3.8, 4) is 5.75 Å². The zero-order valence-electron chi connectivity index (χ0n) is 19.6. The minimum atomic E-state index is -4.13. The minimum absolute atomic E-state index is 0.291. The number of nitrogens with one attached hydrogen (secondary N) is 1. The Morgan fingerprint density at radius 2 is 1.68 bits per heavy atom. The summed E-state index contributed by atoms with van der Waals surface area (Å²) in [7, 11) is 3.02. The van der Waals surface area contributed by atoms with Gasteiger partial charge in [0.1, 0.15) is 5.75 Å². The molecule has 1 aliphatic rings. The third kappa shape index (κ3) is 6.74. The van der Waals surface area contributed by atoms with Crippen LogP contribution in [0.4, 0.5) is 13.2 Å². The fraction of sp³-hybridized carbons (Fsp3) is 0.400. The van der Waals surface area contributed by atoms with Crippen molar-refractivity contribution < 1.29 is 27.4 Å². The van der Waals surface area contributed by atoms with Crippen LogP contribution in [0.5, 0.6) is 5.75 Å². The van der Waals surface area contributed by atoms with E-state index < -0.39 is 12.7 Å². The topological polar surface area (TPSA) is 57.8 Å². The predicted octanol–water partition coefficient (Wildman–Crippen LogP) is 4.64. The van der Waals surface area contributed by atoms with Crippen molar-refractivity contribution in [2.24, 2.45) is 0 Å². The Morgan fingerprint density at radius 3 is 2.26 bits per heavy atom. The lowest BCUT2D eigenvalue weighted by molar-refractivity contribution is -0.149. The lowest BCUT2D eigenvalue weighted by atomic mass is 10.0. The van der Waals surface area contributed by atoms with E-state index in [4.69, 9.17) is 4.74 Å². The van der Waals surface area contributed by atoms with E-state index in [1.165, 1.54) is 12.0 Å². The highest BCUT2D eigenvalue weighted by Gasteiger charge is 2.32. The summed E-state index contributed by atoms with van der Waals surface area (Å²) in [4.78, 5) is 17.7. The summed E-state index contributed by atoms with van der Waals surface area (Å²) >= 11 is 0. The zero-order chi connectivity index (χ0) is 24.7. The van der Waals surface area contributed by atoms with E-state index in [1.807, 2.05) is 31.3 Å². The minimum Gasteiger partial charge on any atom is -0.496 e. The summed E-state index contributed by atoms with van der Waals surface area (Å²) < 4.78 is 47.5. The Bertz CT molecular complexity index is 1080. The Balaban J connectivity index is 0.000000271. The molecule has 6 nitrogen and oxygen atoms in total. The van der Waals surface area contributed by atoms with Crippen LogP contribution >= 0.6 is 0 Å². The molecular weight excluding hydrogens is 447 g/mol. The Morgan fingerprint density at radius 1 is 1.03 bits per heavy atom. The Kier molecular flexibility index (Phi) is 8.57. The van der Waals surface area contributed by atoms with Crippen molar-refractivity contribution in [3.63, 3.8) is 0 Å². The van der Waals surface area contributed by atoms with Crippen LogP contribution in [-0.4, -0.2) is 73.9 Å². The van der Waals surface area contributed by atoms with Crippen LogP contribution in [-0.2, 0) is 11.3 Å². The molecule has 3 aromatic rings. The molecule has 1 fully saturated rings. The van der Waals surface area contributed by atoms with E-state index in [9.17, 15) is 18.0 Å². The number of alkyl halides is 3. The molecule has 0 unspecified atom stereocenters. The van der Waals surface area contributed by atoms with E-state index in [1.54, 1.807) is 31.4 Å². The van der Waals surface area contributed by atoms with Crippen molar-refractivity contribution in [3.05, 3.63) is 65.4 Å². The molecule has 1 aromatic heterocycles. The first-order chi connectivity index (χ1) is 16.2. The fourth-order valence-corrected chi connectivity index (χ4v) is 4.06. The number of aryl methyl sites for hydroxylation is 1. The number of hydrogen-bond donors (Lipinski definition) is 1. The standard InChI is InChI=1S/C17H22F3N3O.C8H8O2/c1-12-9-15(24-2)14(13-3-4-21-16(12)13)10-22-5-7-23(8-6-22)11-17(18,19)20;1-10-8(9)7-5-3-2-4-6-7/h3-4,9,21H,5-8,10-11H2,1-2H3;2-6H,1H3. The summed E-state index contributed by atoms with van der Waals surface area (Å²) in [6, 6.07) is 12.9. The van der Waals surface area contributed by atoms with Crippen LogP contribution in [0.3, 0.4) is 0 Å². The maximum atomic E-state index is 12.5. The molecule has 0 aliphatic carbocycles. The molecule has 0 saturated carbocycles. The van der Waals surface area contributed by atoms with Gasteiger partial charge in [-0.2, -0.15) is 13.2 Å². The van der Waals surface area contributed by atoms with Crippen molar-refractivity contribution in [1.29, 1.82) is 0 Å². The maximum absolute atomic E-state index is 12.5. The van der Waals surface area contributed by atoms with Gasteiger partial charge in [0.15, 0.2) is 0 Å². The van der Waals surface area contributed by atoms with Crippen molar-refractivity contribution >= 4 is 16.9 Å². The quantitative estimate of drug-likeness (QED) is 0.543. The number of rotatable bonds is 5. The number of aromatic amines is 1. The number of carbonyl (C=O) groups is 1. The molecule has 2 heterocycles. The summed E-state index contributed by atoms with van der Waals surface area (Å²) in [5, 5.41) is 1.12. The number of halogens is 3. The SMILES string of the molecule is COC(=O)c1ccccc1.COc1cc(C)c2[nH]ccc2c1CN1CCN(CC(F)(F)F)CC1. The second-order valence-electron chi connectivity index (χ2n) is 8.17. The molecule has 1 saturated heterocycles. The van der Waals surface area contributed by atoms with E-state index in [0.29, 0.717) is 38.3 Å². The van der Waals surface area contributed by atoms with Gasteiger partial charge in [-0.25, -0.2) is 4.79 Å². The van der Waals surface area contributed by atoms with Crippen LogP contribution in [0.25, 0.3) is 10.9 Å². The van der Waals surface area contributed by atoms with Gasteiger partial charge in [-0.15, -0.1) is 0 Å². The van der Waals surface area contributed by atoms with Crippen molar-refractivity contribution in [2.75, 3.05) is 46.9 Å². The van der Waals surface area contributed by atoms with Gasteiger partial charge in [-0.1, -0.05) is 18.2 Å². The second kappa shape index (κ2) is 11.4. The summed E-state index contributed by atoms with van der Waals surface area (Å²) in [6.07, 6.45) is -2.22. The number of fused-ring (bicyclic) bond motifs is 1. The number of methoxy groups -OCH3 is 2. The summed E-state index contributed by atoms with van der Waals surface area (Å²) in [6.45, 7) is 4.00. The molecule has 0 bridgehead atoms. The number of ether oxygens (including phenoxy) is 2. The van der Waals surface area contributed by atoms with Gasteiger partial charge in [0, 0.05) is 55.4 Å². The van der Waals surface area contributed by atoms with Crippen LogP contribution in [0.2, 0.25) is 0 Å². The van der Waals surface area contributed by atoms with Crippen LogP contribution in [0.15, 0.2) is 48.7 Å². The number of nitrogens with zero attached hydrogens (tertiary/aromatic N) is 2. The first-order valence-electron chi connectivity index (χ1n) is 11.0. The van der Waals surface area contributed by atoms with Gasteiger partial charge < -0.3 is 14.5 Å². The molecule has 184 valence electrons. The molecule has 9 heteroatoms. The average Bonchev–Trinajstić information content (AvgIpc) is 3.32. The van der Waals surface area contributed by atoms with E-state index in [-0.39, 0.29) is 5.97 Å². The van der Waals surface area contributed by atoms with Gasteiger partial charge >= 0.3 is 12.1 Å². The highest BCUT2D eigenvalue weighted by Crippen LogP contribution is 2.31. The fourth-order valence-electron chi connectivity index (χ4n) is 4.06. The van der Waals surface area contributed by atoms with Crippen LogP contribution in [0, 0.1) is 6.92 Å². The number of H-pyrrole nitrogens is 1. The highest BCUT2D eigenvalue weighted by atomic mass is 19.4. The number of piperazine rings is 1. The summed E-state index contributed by atoms with van der Waals surface area (Å²) in [5.74, 6) is 0.540. The van der Waals surface area contributed by atoms with E-state index in [0.717, 1.165) is 27.8 Å². The molecule has 2 aromatic carbocycles. The lowest BCUT2D eigenvalue weighted by Crippen LogP contribution is -2.48. The molecule has 1 aliphatic heterocycles. The monoisotopic (exact) mass is 477 g/mol. The molecule has 0 spiro atoms. The van der Waals surface area contributed by atoms with Crippen LogP contribution < -0.4 is 4.74 Å². The van der Waals surface area contributed by atoms with E-state index >= 15 is 0 Å². The Labute approximate surface area is 197 Å². The molecule has 34 heavy (non-hydrogen) atoms. The number of hydrogen-bond acceptors (Lipinski definition) is 5. The maximum Gasteiger partial charge on any atom is 0.401 e. The molecule has 0 radical (unpaired) electrons. The highest BCUT2D eigenvalue weighted by molar-refractivity contribution is 5.89. The third-order valence-corrected chi connectivity index (χ3v) is 5.78. The summed E-state index contributed by atoms with van der Waals surface area (Å²) in [5.41, 5.74) is 3.88. The third-order valence-electron chi connectivity index (χ3n) is 5.78. The van der Waals surface area contributed by atoms with Gasteiger partial charge in [0.2, 0.25) is 0 Å². The zero-order valence-corrected chi connectivity index (χ0v) is 19.6.